The number of nitrogens with one attached hydrogen (secondary N) is 1. The van der Waals surface area contributed by atoms with Crippen molar-refractivity contribution < 1.29 is 27.1 Å². The van der Waals surface area contributed by atoms with Crippen LogP contribution in [0.3, 0.4) is 0 Å². The quantitative estimate of drug-likeness (QED) is 0.484. The van der Waals surface area contributed by atoms with E-state index in [1.165, 1.54) is 36.1 Å². The highest BCUT2D eigenvalue weighted by Gasteiger charge is 2.33. The van der Waals surface area contributed by atoms with Crippen LogP contribution < -0.4 is 10.1 Å². The number of methoxy groups -OCH3 is 1. The molecule has 1 fully saturated rings. The van der Waals surface area contributed by atoms with Crippen molar-refractivity contribution in [1.29, 1.82) is 0 Å². The van der Waals surface area contributed by atoms with Crippen LogP contribution in [0.2, 0.25) is 0 Å². The minimum atomic E-state index is -4.42. The highest BCUT2D eigenvalue weighted by atomic mass is 32.2. The molecule has 1 saturated carbocycles. The number of ether oxygens (including phenoxy) is 1. The van der Waals surface area contributed by atoms with Gasteiger partial charge in [-0.3, -0.25) is 4.79 Å². The SMILES string of the molecule is COc1nn(-c2ccc(C(F)(F)F)cc2)cc1CC(=O)NC1CCC1Sc1ccc(F)cc1. The van der Waals surface area contributed by atoms with Crippen molar-refractivity contribution in [2.45, 2.75) is 41.6 Å². The molecule has 1 amide bonds. The Kier molecular flexibility index (Phi) is 6.64. The molecule has 1 aliphatic carbocycles. The predicted molar refractivity (Wildman–Crippen MR) is 116 cm³/mol. The molecule has 5 nitrogen and oxygen atoms in total. The van der Waals surface area contributed by atoms with Gasteiger partial charge >= 0.3 is 6.18 Å². The number of carbonyl (C=O) groups is 1. The summed E-state index contributed by atoms with van der Waals surface area (Å²) >= 11 is 1.60. The van der Waals surface area contributed by atoms with E-state index in [1.54, 1.807) is 30.1 Å². The number of hydrogen-bond donors (Lipinski definition) is 1. The summed E-state index contributed by atoms with van der Waals surface area (Å²) in [6.07, 6.45) is -1.02. The molecule has 0 radical (unpaired) electrons. The fourth-order valence-corrected chi connectivity index (χ4v) is 4.78. The number of rotatable bonds is 7. The lowest BCUT2D eigenvalue weighted by molar-refractivity contribution is -0.137. The van der Waals surface area contributed by atoms with E-state index in [-0.39, 0.29) is 35.3 Å². The van der Waals surface area contributed by atoms with Crippen LogP contribution in [-0.2, 0) is 17.4 Å². The van der Waals surface area contributed by atoms with E-state index < -0.39 is 11.7 Å². The number of alkyl halides is 3. The van der Waals surface area contributed by atoms with E-state index in [0.29, 0.717) is 11.3 Å². The van der Waals surface area contributed by atoms with Crippen LogP contribution in [0.1, 0.15) is 24.0 Å². The van der Waals surface area contributed by atoms with Crippen molar-refractivity contribution >= 4 is 17.7 Å². The fraction of sp³-hybridized carbons (Fsp3) is 0.304. The number of amides is 1. The van der Waals surface area contributed by atoms with E-state index in [4.69, 9.17) is 4.74 Å². The number of aromatic nitrogens is 2. The molecule has 1 aromatic heterocycles. The Morgan fingerprint density at radius 2 is 1.85 bits per heavy atom. The van der Waals surface area contributed by atoms with E-state index in [1.807, 2.05) is 0 Å². The third kappa shape index (κ3) is 5.50. The predicted octanol–water partition coefficient (Wildman–Crippen LogP) is 5.02. The summed E-state index contributed by atoms with van der Waals surface area (Å²) in [5.41, 5.74) is 0.193. The van der Waals surface area contributed by atoms with Gasteiger partial charge in [-0.05, 0) is 61.4 Å². The molecule has 4 rings (SSSR count). The Hall–Kier alpha value is -3.01. The van der Waals surface area contributed by atoms with E-state index in [0.717, 1.165) is 29.9 Å². The minimum absolute atomic E-state index is 0.00325. The summed E-state index contributed by atoms with van der Waals surface area (Å²) < 4.78 is 58.1. The Labute approximate surface area is 192 Å². The van der Waals surface area contributed by atoms with Gasteiger partial charge in [0.2, 0.25) is 11.8 Å². The summed E-state index contributed by atoms with van der Waals surface area (Å²) in [5.74, 6) is -0.255. The van der Waals surface area contributed by atoms with Gasteiger partial charge in [-0.1, -0.05) is 0 Å². The van der Waals surface area contributed by atoms with Crippen molar-refractivity contribution in [2.75, 3.05) is 7.11 Å². The normalized spacial score (nSPS) is 18.0. The molecule has 0 bridgehead atoms. The number of thioether (sulfide) groups is 1. The van der Waals surface area contributed by atoms with Crippen LogP contribution in [0.4, 0.5) is 17.6 Å². The highest BCUT2D eigenvalue weighted by molar-refractivity contribution is 8.00. The van der Waals surface area contributed by atoms with Crippen LogP contribution in [-0.4, -0.2) is 34.1 Å². The molecule has 2 atom stereocenters. The first-order valence-corrected chi connectivity index (χ1v) is 11.1. The van der Waals surface area contributed by atoms with Gasteiger partial charge in [0.05, 0.1) is 24.8 Å². The number of halogens is 4. The molecule has 33 heavy (non-hydrogen) atoms. The summed E-state index contributed by atoms with van der Waals surface area (Å²) in [4.78, 5) is 13.6. The van der Waals surface area contributed by atoms with Crippen molar-refractivity contribution in [2.24, 2.45) is 0 Å². The lowest BCUT2D eigenvalue weighted by Crippen LogP contribution is -2.49. The van der Waals surface area contributed by atoms with Gasteiger partial charge in [-0.15, -0.1) is 16.9 Å². The standard InChI is InChI=1S/C23H21F4N3O2S/c1-32-22-14(13-30(29-22)17-6-2-15(3-7-17)23(25,26)27)12-21(31)28-19-10-11-20(19)33-18-8-4-16(24)5-9-18/h2-9,13,19-20H,10-12H2,1H3,(H,28,31). The molecule has 2 unspecified atom stereocenters. The van der Waals surface area contributed by atoms with Crippen LogP contribution in [0.15, 0.2) is 59.6 Å². The first kappa shape index (κ1) is 23.2. The number of carbonyl (C=O) groups excluding carboxylic acids is 1. The van der Waals surface area contributed by atoms with Crippen LogP contribution in [0.25, 0.3) is 5.69 Å². The smallest absolute Gasteiger partial charge is 0.416 e. The minimum Gasteiger partial charge on any atom is -0.480 e. The molecule has 3 aromatic rings. The maximum absolute atomic E-state index is 13.1. The van der Waals surface area contributed by atoms with Crippen molar-refractivity contribution in [3.8, 4) is 11.6 Å². The fourth-order valence-electron chi connectivity index (χ4n) is 3.52. The first-order valence-electron chi connectivity index (χ1n) is 10.2. The van der Waals surface area contributed by atoms with Crippen LogP contribution in [0.5, 0.6) is 5.88 Å². The second-order valence-electron chi connectivity index (χ2n) is 7.69. The van der Waals surface area contributed by atoms with Gasteiger partial charge in [0, 0.05) is 27.9 Å². The number of hydrogen-bond acceptors (Lipinski definition) is 4. The summed E-state index contributed by atoms with van der Waals surface area (Å²) in [6, 6.07) is 10.8. The van der Waals surface area contributed by atoms with Crippen molar-refractivity contribution in [1.82, 2.24) is 15.1 Å². The molecule has 1 heterocycles. The lowest BCUT2D eigenvalue weighted by atomic mass is 9.92. The maximum atomic E-state index is 13.1. The average Bonchev–Trinajstić information content (AvgIpc) is 3.18. The Morgan fingerprint density at radius 1 is 1.15 bits per heavy atom. The Balaban J connectivity index is 1.39. The maximum Gasteiger partial charge on any atom is 0.416 e. The number of benzene rings is 2. The monoisotopic (exact) mass is 479 g/mol. The van der Waals surface area contributed by atoms with Crippen LogP contribution in [0, 0.1) is 5.82 Å². The Bertz CT molecular complexity index is 1110. The second kappa shape index (κ2) is 9.46. The summed E-state index contributed by atoms with van der Waals surface area (Å²) in [7, 11) is 1.42. The summed E-state index contributed by atoms with van der Waals surface area (Å²) in [5, 5.41) is 7.46. The van der Waals surface area contributed by atoms with Crippen molar-refractivity contribution in [3.63, 3.8) is 0 Å². The molecule has 174 valence electrons. The first-order chi connectivity index (χ1) is 15.7. The van der Waals surface area contributed by atoms with Crippen LogP contribution >= 0.6 is 11.8 Å². The Morgan fingerprint density at radius 3 is 2.42 bits per heavy atom. The molecule has 0 aliphatic heterocycles. The highest BCUT2D eigenvalue weighted by Crippen LogP contribution is 2.37. The zero-order valence-corrected chi connectivity index (χ0v) is 18.4. The topological polar surface area (TPSA) is 56.2 Å². The van der Waals surface area contributed by atoms with E-state index in [2.05, 4.69) is 10.4 Å². The number of nitrogens with zero attached hydrogens (tertiary/aromatic N) is 2. The van der Waals surface area contributed by atoms with Gasteiger partial charge in [0.25, 0.3) is 0 Å². The molecule has 1 aliphatic rings. The van der Waals surface area contributed by atoms with Gasteiger partial charge in [-0.25, -0.2) is 9.07 Å². The largest absolute Gasteiger partial charge is 0.480 e. The zero-order chi connectivity index (χ0) is 23.6. The average molecular weight is 479 g/mol. The molecular formula is C23H21F4N3O2S. The van der Waals surface area contributed by atoms with Gasteiger partial charge in [0.1, 0.15) is 5.82 Å². The molecule has 10 heteroatoms. The molecule has 0 spiro atoms. The zero-order valence-electron chi connectivity index (χ0n) is 17.6. The molecule has 1 N–H and O–H groups in total. The van der Waals surface area contributed by atoms with Crippen molar-refractivity contribution in [3.05, 3.63) is 71.7 Å². The molecule has 0 saturated heterocycles. The van der Waals surface area contributed by atoms with Gasteiger partial charge in [-0.2, -0.15) is 13.2 Å². The van der Waals surface area contributed by atoms with E-state index in [9.17, 15) is 22.4 Å². The second-order valence-corrected chi connectivity index (χ2v) is 9.00. The molecular weight excluding hydrogens is 458 g/mol. The van der Waals surface area contributed by atoms with Gasteiger partial charge < -0.3 is 10.1 Å². The lowest BCUT2D eigenvalue weighted by Gasteiger charge is -2.36. The molecule has 2 aromatic carbocycles. The third-order valence-corrected chi connectivity index (χ3v) is 6.82. The van der Waals surface area contributed by atoms with Gasteiger partial charge in [0.15, 0.2) is 0 Å². The summed E-state index contributed by atoms with van der Waals surface area (Å²) in [6.45, 7) is 0. The third-order valence-electron chi connectivity index (χ3n) is 5.41. The van der Waals surface area contributed by atoms with E-state index >= 15 is 0 Å².